The highest BCUT2D eigenvalue weighted by atomic mass is 16.5. The van der Waals surface area contributed by atoms with Gasteiger partial charge in [-0.3, -0.25) is 4.79 Å². The molecule has 1 heterocycles. The molecule has 1 aliphatic rings. The van der Waals surface area contributed by atoms with Gasteiger partial charge in [-0.1, -0.05) is 18.2 Å². The van der Waals surface area contributed by atoms with Crippen molar-refractivity contribution < 1.29 is 23.8 Å². The van der Waals surface area contributed by atoms with E-state index in [0.717, 1.165) is 11.3 Å². The molecule has 24 heavy (non-hydrogen) atoms. The third kappa shape index (κ3) is 3.56. The van der Waals surface area contributed by atoms with Gasteiger partial charge in [-0.25, -0.2) is 4.79 Å². The van der Waals surface area contributed by atoms with Crippen molar-refractivity contribution in [3.8, 4) is 11.5 Å². The Hall–Kier alpha value is -2.82. The first-order chi connectivity index (χ1) is 11.7. The highest BCUT2D eigenvalue weighted by Gasteiger charge is 2.27. The van der Waals surface area contributed by atoms with Gasteiger partial charge in [0.05, 0.1) is 18.1 Å². The Bertz CT molecular complexity index is 736. The third-order valence-electron chi connectivity index (χ3n) is 3.80. The van der Waals surface area contributed by atoms with Crippen LogP contribution in [0.5, 0.6) is 11.5 Å². The predicted molar refractivity (Wildman–Crippen MR) is 87.2 cm³/mol. The zero-order chi connectivity index (χ0) is 16.9. The average molecular weight is 326 g/mol. The summed E-state index contributed by atoms with van der Waals surface area (Å²) in [5, 5.41) is 0. The lowest BCUT2D eigenvalue weighted by Gasteiger charge is -2.23. The second-order valence-corrected chi connectivity index (χ2v) is 5.49. The van der Waals surface area contributed by atoms with Gasteiger partial charge in [0, 0.05) is 0 Å². The molecular formula is C19H18O5. The fraction of sp³-hybridized carbons (Fsp3) is 0.263. The molecular weight excluding hydrogens is 308 g/mol. The van der Waals surface area contributed by atoms with Gasteiger partial charge in [-0.15, -0.1) is 0 Å². The zero-order valence-corrected chi connectivity index (χ0v) is 13.4. The number of fused-ring (bicyclic) bond motifs is 1. The number of para-hydroxylation sites is 1. The van der Waals surface area contributed by atoms with Gasteiger partial charge in [0.1, 0.15) is 18.1 Å². The van der Waals surface area contributed by atoms with Crippen LogP contribution in [0.4, 0.5) is 0 Å². The molecule has 0 spiro atoms. The average Bonchev–Trinajstić information content (AvgIpc) is 2.62. The quantitative estimate of drug-likeness (QED) is 0.638. The number of hydrogen-bond acceptors (Lipinski definition) is 5. The van der Waals surface area contributed by atoms with Gasteiger partial charge in [0.25, 0.3) is 0 Å². The van der Waals surface area contributed by atoms with Crippen LogP contribution >= 0.6 is 0 Å². The van der Waals surface area contributed by atoms with Crippen molar-refractivity contribution >= 4 is 11.9 Å². The second-order valence-electron chi connectivity index (χ2n) is 5.49. The Labute approximate surface area is 140 Å². The number of benzene rings is 2. The van der Waals surface area contributed by atoms with E-state index >= 15 is 0 Å². The van der Waals surface area contributed by atoms with E-state index in [-0.39, 0.29) is 11.9 Å². The van der Waals surface area contributed by atoms with Crippen molar-refractivity contribution in [3.63, 3.8) is 0 Å². The van der Waals surface area contributed by atoms with Crippen LogP contribution in [0.1, 0.15) is 22.8 Å². The Kier molecular flexibility index (Phi) is 4.79. The summed E-state index contributed by atoms with van der Waals surface area (Å²) in [4.78, 5) is 23.9. The summed E-state index contributed by atoms with van der Waals surface area (Å²) in [5.74, 6) is 0.137. The Morgan fingerprint density at radius 1 is 1.12 bits per heavy atom. The highest BCUT2D eigenvalue weighted by Crippen LogP contribution is 2.27. The molecule has 3 rings (SSSR count). The number of ether oxygens (including phenoxy) is 3. The van der Waals surface area contributed by atoms with Crippen LogP contribution in [-0.4, -0.2) is 25.2 Å². The molecule has 124 valence electrons. The molecule has 2 aromatic carbocycles. The molecule has 0 fully saturated rings. The van der Waals surface area contributed by atoms with Crippen LogP contribution in [0, 0.1) is 5.92 Å². The van der Waals surface area contributed by atoms with Crippen molar-refractivity contribution in [3.05, 3.63) is 59.7 Å². The molecule has 0 unspecified atom stereocenters. The number of carbonyl (C=O) groups is 2. The summed E-state index contributed by atoms with van der Waals surface area (Å²) in [7, 11) is 0. The van der Waals surface area contributed by atoms with E-state index in [1.807, 2.05) is 24.3 Å². The van der Waals surface area contributed by atoms with Crippen molar-refractivity contribution in [1.82, 2.24) is 0 Å². The molecule has 0 N–H and O–H groups in total. The van der Waals surface area contributed by atoms with E-state index in [2.05, 4.69) is 0 Å². The molecule has 5 heteroatoms. The van der Waals surface area contributed by atoms with Gasteiger partial charge in [0.15, 0.2) is 0 Å². The minimum atomic E-state index is -0.396. The normalized spacial score (nSPS) is 15.8. The second kappa shape index (κ2) is 7.17. The Morgan fingerprint density at radius 2 is 1.88 bits per heavy atom. The fourth-order valence-corrected chi connectivity index (χ4v) is 2.55. The summed E-state index contributed by atoms with van der Waals surface area (Å²) >= 11 is 0. The Balaban J connectivity index is 1.62. The highest BCUT2D eigenvalue weighted by molar-refractivity contribution is 5.89. The molecule has 2 aromatic rings. The minimum absolute atomic E-state index is 0.302. The SMILES string of the molecule is CCOC(=O)c1ccc(OC(=O)[C@H]2COc3ccccc3C2)cc1. The first-order valence-electron chi connectivity index (χ1n) is 7.87. The summed E-state index contributed by atoms with van der Waals surface area (Å²) < 4.78 is 15.9. The molecule has 1 aliphatic heterocycles. The molecule has 0 amide bonds. The lowest BCUT2D eigenvalue weighted by molar-refractivity contribution is -0.140. The lowest BCUT2D eigenvalue weighted by atomic mass is 9.97. The first-order valence-corrected chi connectivity index (χ1v) is 7.87. The van der Waals surface area contributed by atoms with Crippen molar-refractivity contribution in [2.45, 2.75) is 13.3 Å². The van der Waals surface area contributed by atoms with E-state index in [0.29, 0.717) is 30.9 Å². The number of hydrogen-bond donors (Lipinski definition) is 0. The molecule has 0 saturated carbocycles. The van der Waals surface area contributed by atoms with Crippen molar-refractivity contribution in [2.75, 3.05) is 13.2 Å². The standard InChI is InChI=1S/C19H18O5/c1-2-22-18(20)13-7-9-16(10-8-13)24-19(21)15-11-14-5-3-4-6-17(14)23-12-15/h3-10,15H,2,11-12H2,1H3/t15-/m1/s1. The van der Waals surface area contributed by atoms with Crippen molar-refractivity contribution in [2.24, 2.45) is 5.92 Å². The smallest absolute Gasteiger partial charge is 0.338 e. The summed E-state index contributed by atoms with van der Waals surface area (Å²) in [6.07, 6.45) is 0.593. The first kappa shape index (κ1) is 16.1. The topological polar surface area (TPSA) is 61.8 Å². The summed E-state index contributed by atoms with van der Waals surface area (Å²) in [6, 6.07) is 14.0. The van der Waals surface area contributed by atoms with Crippen LogP contribution in [0.2, 0.25) is 0 Å². The van der Waals surface area contributed by atoms with Gasteiger partial charge in [-0.2, -0.15) is 0 Å². The largest absolute Gasteiger partial charge is 0.492 e. The maximum absolute atomic E-state index is 12.3. The van der Waals surface area contributed by atoms with E-state index in [9.17, 15) is 9.59 Å². The maximum atomic E-state index is 12.3. The van der Waals surface area contributed by atoms with E-state index in [1.165, 1.54) is 0 Å². The summed E-state index contributed by atoms with van der Waals surface area (Å²) in [6.45, 7) is 2.37. The maximum Gasteiger partial charge on any atom is 0.338 e. The zero-order valence-electron chi connectivity index (χ0n) is 13.4. The monoisotopic (exact) mass is 326 g/mol. The molecule has 0 radical (unpaired) electrons. The third-order valence-corrected chi connectivity index (χ3v) is 3.80. The van der Waals surface area contributed by atoms with E-state index in [4.69, 9.17) is 14.2 Å². The van der Waals surface area contributed by atoms with E-state index in [1.54, 1.807) is 31.2 Å². The molecule has 0 bridgehead atoms. The molecule has 1 atom stereocenters. The minimum Gasteiger partial charge on any atom is -0.492 e. The lowest BCUT2D eigenvalue weighted by Crippen LogP contribution is -2.31. The molecule has 0 saturated heterocycles. The van der Waals surface area contributed by atoms with Crippen molar-refractivity contribution in [1.29, 1.82) is 0 Å². The number of rotatable bonds is 4. The van der Waals surface area contributed by atoms with Crippen LogP contribution < -0.4 is 9.47 Å². The molecule has 5 nitrogen and oxygen atoms in total. The van der Waals surface area contributed by atoms with Gasteiger partial charge in [-0.05, 0) is 49.2 Å². The van der Waals surface area contributed by atoms with Crippen LogP contribution in [0.25, 0.3) is 0 Å². The van der Waals surface area contributed by atoms with Crippen LogP contribution in [-0.2, 0) is 16.0 Å². The molecule has 0 aliphatic carbocycles. The fourth-order valence-electron chi connectivity index (χ4n) is 2.55. The van der Waals surface area contributed by atoms with Gasteiger partial charge in [0.2, 0.25) is 0 Å². The summed E-state index contributed by atoms with van der Waals surface area (Å²) in [5.41, 5.74) is 1.43. The van der Waals surface area contributed by atoms with Gasteiger partial charge >= 0.3 is 11.9 Å². The van der Waals surface area contributed by atoms with E-state index < -0.39 is 5.97 Å². The number of carbonyl (C=O) groups excluding carboxylic acids is 2. The number of esters is 2. The predicted octanol–water partition coefficient (Wildman–Crippen LogP) is 3.02. The van der Waals surface area contributed by atoms with Crippen LogP contribution in [0.3, 0.4) is 0 Å². The van der Waals surface area contributed by atoms with Crippen LogP contribution in [0.15, 0.2) is 48.5 Å². The Morgan fingerprint density at radius 3 is 2.62 bits per heavy atom. The van der Waals surface area contributed by atoms with Gasteiger partial charge < -0.3 is 14.2 Å². The molecule has 0 aromatic heterocycles.